The van der Waals surface area contributed by atoms with Gasteiger partial charge in [0.2, 0.25) is 5.91 Å². The molecule has 0 aromatic heterocycles. The summed E-state index contributed by atoms with van der Waals surface area (Å²) in [5.41, 5.74) is 0.722. The summed E-state index contributed by atoms with van der Waals surface area (Å²) < 4.78 is 0. The summed E-state index contributed by atoms with van der Waals surface area (Å²) in [5.74, 6) is -1.29. The Morgan fingerprint density at radius 1 is 1.14 bits per heavy atom. The molecule has 21 heavy (non-hydrogen) atoms. The monoisotopic (exact) mass is 289 g/mol. The van der Waals surface area contributed by atoms with E-state index in [-0.39, 0.29) is 22.7 Å². The van der Waals surface area contributed by atoms with Crippen LogP contribution in [0.5, 0.6) is 0 Å². The Kier molecular flexibility index (Phi) is 3.83. The number of hydrogen-bond acceptors (Lipinski definition) is 2. The molecular weight excluding hydrogens is 266 g/mol. The topological polar surface area (TPSA) is 66.4 Å². The fourth-order valence-corrected chi connectivity index (χ4v) is 3.16. The van der Waals surface area contributed by atoms with Gasteiger partial charge >= 0.3 is 5.97 Å². The zero-order chi connectivity index (χ0) is 15.8. The van der Waals surface area contributed by atoms with Gasteiger partial charge in [-0.3, -0.25) is 4.79 Å². The van der Waals surface area contributed by atoms with E-state index in [2.05, 4.69) is 5.32 Å². The SMILES string of the molecule is CC1(C)C(C(=O)NC(Cc2ccccc2)C(=O)O)C1(C)C. The highest BCUT2D eigenvalue weighted by Crippen LogP contribution is 2.68. The van der Waals surface area contributed by atoms with Gasteiger partial charge in [-0.15, -0.1) is 0 Å². The number of carbonyl (C=O) groups is 2. The van der Waals surface area contributed by atoms with Crippen LogP contribution in [0.15, 0.2) is 30.3 Å². The van der Waals surface area contributed by atoms with E-state index < -0.39 is 12.0 Å². The molecule has 1 atom stereocenters. The van der Waals surface area contributed by atoms with Crippen molar-refractivity contribution in [3.8, 4) is 0 Å². The second kappa shape index (κ2) is 5.17. The van der Waals surface area contributed by atoms with Crippen LogP contribution in [-0.4, -0.2) is 23.0 Å². The first kappa shape index (κ1) is 15.5. The second-order valence-electron chi connectivity index (χ2n) is 6.97. The fraction of sp³-hybridized carbons (Fsp3) is 0.529. The molecule has 2 N–H and O–H groups in total. The molecule has 1 fully saturated rings. The third-order valence-electron chi connectivity index (χ3n) is 5.18. The van der Waals surface area contributed by atoms with Gasteiger partial charge in [-0.1, -0.05) is 58.0 Å². The highest BCUT2D eigenvalue weighted by atomic mass is 16.4. The number of carboxylic acids is 1. The van der Waals surface area contributed by atoms with Crippen LogP contribution >= 0.6 is 0 Å². The Morgan fingerprint density at radius 3 is 2.10 bits per heavy atom. The number of nitrogens with one attached hydrogen (secondary N) is 1. The molecule has 1 saturated carbocycles. The minimum Gasteiger partial charge on any atom is -0.480 e. The van der Waals surface area contributed by atoms with Gasteiger partial charge in [-0.2, -0.15) is 0 Å². The van der Waals surface area contributed by atoms with E-state index in [0.717, 1.165) is 5.56 Å². The molecule has 0 spiro atoms. The molecule has 0 bridgehead atoms. The number of benzene rings is 1. The quantitative estimate of drug-likeness (QED) is 0.875. The van der Waals surface area contributed by atoms with Gasteiger partial charge in [0.05, 0.1) is 0 Å². The molecule has 1 unspecified atom stereocenters. The van der Waals surface area contributed by atoms with Crippen molar-refractivity contribution in [2.75, 3.05) is 0 Å². The summed E-state index contributed by atoms with van der Waals surface area (Å²) >= 11 is 0. The van der Waals surface area contributed by atoms with Crippen LogP contribution in [0, 0.1) is 16.7 Å². The normalized spacial score (nSPS) is 20.6. The van der Waals surface area contributed by atoms with Crippen LogP contribution < -0.4 is 5.32 Å². The van der Waals surface area contributed by atoms with E-state index in [1.807, 2.05) is 58.0 Å². The van der Waals surface area contributed by atoms with Crippen molar-refractivity contribution in [1.82, 2.24) is 5.32 Å². The Bertz CT molecular complexity index is 534. The van der Waals surface area contributed by atoms with Gasteiger partial charge in [-0.25, -0.2) is 4.79 Å². The van der Waals surface area contributed by atoms with E-state index >= 15 is 0 Å². The molecule has 0 radical (unpaired) electrons. The Labute approximate surface area is 125 Å². The number of carbonyl (C=O) groups excluding carboxylic acids is 1. The summed E-state index contributed by atoms with van der Waals surface area (Å²) in [6.45, 7) is 8.18. The van der Waals surface area contributed by atoms with Gasteiger partial charge in [0, 0.05) is 12.3 Å². The molecule has 1 aromatic rings. The van der Waals surface area contributed by atoms with Crippen LogP contribution in [-0.2, 0) is 16.0 Å². The Balaban J connectivity index is 2.05. The lowest BCUT2D eigenvalue weighted by atomic mass is 10.0. The van der Waals surface area contributed by atoms with Crippen molar-refractivity contribution in [2.45, 2.75) is 40.2 Å². The first-order chi connectivity index (χ1) is 9.68. The summed E-state index contributed by atoms with van der Waals surface area (Å²) in [6, 6.07) is 8.46. The maximum atomic E-state index is 12.4. The molecule has 0 heterocycles. The Hall–Kier alpha value is -1.84. The van der Waals surface area contributed by atoms with Crippen LogP contribution in [0.3, 0.4) is 0 Å². The third kappa shape index (κ3) is 2.80. The van der Waals surface area contributed by atoms with Crippen LogP contribution in [0.4, 0.5) is 0 Å². The lowest BCUT2D eigenvalue weighted by molar-refractivity contribution is -0.142. The number of hydrogen-bond donors (Lipinski definition) is 2. The molecule has 4 heteroatoms. The predicted octanol–water partition coefficient (Wildman–Crippen LogP) is 2.48. The van der Waals surface area contributed by atoms with E-state index in [1.165, 1.54) is 0 Å². The molecular formula is C17H23NO3. The average Bonchev–Trinajstić information content (AvgIpc) is 2.80. The van der Waals surface area contributed by atoms with Crippen LogP contribution in [0.25, 0.3) is 0 Å². The first-order valence-corrected chi connectivity index (χ1v) is 7.25. The minimum absolute atomic E-state index is 0.0904. The van der Waals surface area contributed by atoms with E-state index in [9.17, 15) is 14.7 Å². The molecule has 1 aromatic carbocycles. The van der Waals surface area contributed by atoms with Crippen LogP contribution in [0.1, 0.15) is 33.3 Å². The van der Waals surface area contributed by atoms with Gasteiger partial charge in [0.25, 0.3) is 0 Å². The van der Waals surface area contributed by atoms with Crippen molar-refractivity contribution >= 4 is 11.9 Å². The van der Waals surface area contributed by atoms with E-state index in [1.54, 1.807) is 0 Å². The minimum atomic E-state index is -0.997. The largest absolute Gasteiger partial charge is 0.480 e. The first-order valence-electron chi connectivity index (χ1n) is 7.25. The summed E-state index contributed by atoms with van der Waals surface area (Å²) in [4.78, 5) is 23.8. The van der Waals surface area contributed by atoms with Crippen molar-refractivity contribution in [2.24, 2.45) is 16.7 Å². The fourth-order valence-electron chi connectivity index (χ4n) is 3.16. The maximum Gasteiger partial charge on any atom is 0.326 e. The number of amides is 1. The summed E-state index contributed by atoms with van der Waals surface area (Å²) in [6.07, 6.45) is 0.301. The molecule has 114 valence electrons. The van der Waals surface area contributed by atoms with Crippen molar-refractivity contribution in [3.63, 3.8) is 0 Å². The summed E-state index contributed by atoms with van der Waals surface area (Å²) in [5, 5.41) is 12.0. The molecule has 0 aliphatic heterocycles. The highest BCUT2D eigenvalue weighted by molar-refractivity contribution is 5.88. The predicted molar refractivity (Wildman–Crippen MR) is 80.8 cm³/mol. The lowest BCUT2D eigenvalue weighted by Crippen LogP contribution is -2.43. The molecule has 1 amide bonds. The lowest BCUT2D eigenvalue weighted by Gasteiger charge is -2.15. The van der Waals surface area contributed by atoms with Crippen molar-refractivity contribution in [1.29, 1.82) is 0 Å². The smallest absolute Gasteiger partial charge is 0.326 e. The molecule has 2 rings (SSSR count). The van der Waals surface area contributed by atoms with E-state index in [4.69, 9.17) is 0 Å². The van der Waals surface area contributed by atoms with Gasteiger partial charge in [-0.05, 0) is 16.4 Å². The average molecular weight is 289 g/mol. The second-order valence-corrected chi connectivity index (χ2v) is 6.97. The molecule has 1 aliphatic rings. The standard InChI is InChI=1S/C17H23NO3/c1-16(2)13(17(16,3)4)14(19)18-12(15(20)21)10-11-8-6-5-7-9-11/h5-9,12-13H,10H2,1-4H3,(H,18,19)(H,20,21). The third-order valence-corrected chi connectivity index (χ3v) is 5.18. The summed E-state index contributed by atoms with van der Waals surface area (Å²) in [7, 11) is 0. The Morgan fingerprint density at radius 2 is 1.67 bits per heavy atom. The van der Waals surface area contributed by atoms with Crippen LogP contribution in [0.2, 0.25) is 0 Å². The van der Waals surface area contributed by atoms with E-state index in [0.29, 0.717) is 6.42 Å². The number of rotatable bonds is 5. The molecule has 0 saturated heterocycles. The molecule has 1 aliphatic carbocycles. The van der Waals surface area contributed by atoms with Gasteiger partial charge in [0.1, 0.15) is 6.04 Å². The molecule has 4 nitrogen and oxygen atoms in total. The van der Waals surface area contributed by atoms with Gasteiger partial charge < -0.3 is 10.4 Å². The van der Waals surface area contributed by atoms with Crippen molar-refractivity contribution < 1.29 is 14.7 Å². The van der Waals surface area contributed by atoms with Crippen molar-refractivity contribution in [3.05, 3.63) is 35.9 Å². The van der Waals surface area contributed by atoms with Gasteiger partial charge in [0.15, 0.2) is 0 Å². The highest BCUT2D eigenvalue weighted by Gasteiger charge is 2.68. The zero-order valence-corrected chi connectivity index (χ0v) is 13.0. The zero-order valence-electron chi connectivity index (χ0n) is 13.0. The maximum absolute atomic E-state index is 12.4. The number of aliphatic carboxylic acids is 1. The number of carboxylic acid groups (broad SMARTS) is 1.